The van der Waals surface area contributed by atoms with Crippen LogP contribution in [-0.2, 0) is 0 Å². The van der Waals surface area contributed by atoms with Crippen LogP contribution in [0, 0.1) is 0 Å². The van der Waals surface area contributed by atoms with E-state index in [-0.39, 0.29) is 18.3 Å². The van der Waals surface area contributed by atoms with Crippen molar-refractivity contribution in [3.8, 4) is 0 Å². The van der Waals surface area contributed by atoms with Crippen LogP contribution in [0.2, 0.25) is 0 Å². The minimum atomic E-state index is -0.392. The van der Waals surface area contributed by atoms with Crippen LogP contribution in [0.25, 0.3) is 0 Å². The molecule has 0 bridgehead atoms. The summed E-state index contributed by atoms with van der Waals surface area (Å²) >= 11 is 0. The third-order valence-corrected chi connectivity index (χ3v) is 2.79. The highest BCUT2D eigenvalue weighted by Gasteiger charge is 2.20. The Bertz CT molecular complexity index is 470. The fourth-order valence-corrected chi connectivity index (χ4v) is 2.01. The van der Waals surface area contributed by atoms with Crippen molar-refractivity contribution in [2.24, 2.45) is 0 Å². The lowest BCUT2D eigenvalue weighted by Crippen LogP contribution is -2.19. The van der Waals surface area contributed by atoms with Crippen molar-refractivity contribution in [2.75, 3.05) is 5.84 Å². The maximum atomic E-state index is 9.60. The molecule has 2 atom stereocenters. The molecule has 5 heteroatoms. The molecule has 0 amide bonds. The maximum absolute atomic E-state index is 9.60. The molecule has 0 spiro atoms. The molecule has 98 valence electrons. The topological polar surface area (TPSA) is 64.1 Å². The number of nitrogen functional groups attached to an aromatic ring is 1. The molecule has 3 N–H and O–H groups in total. The summed E-state index contributed by atoms with van der Waals surface area (Å²) in [4.78, 5) is 4.27. The maximum Gasteiger partial charge on any atom is 0.134 e. The average Bonchev–Trinajstić information content (AvgIpc) is 2.73. The predicted octanol–water partition coefficient (Wildman–Crippen LogP) is 1.92. The highest BCUT2D eigenvalue weighted by molar-refractivity contribution is 5.85. The monoisotopic (exact) mass is 267 g/mol. The van der Waals surface area contributed by atoms with E-state index in [2.05, 4.69) is 4.98 Å². The molecule has 0 fully saturated rings. The molecule has 0 radical (unpaired) electrons. The molecule has 1 aromatic heterocycles. The van der Waals surface area contributed by atoms with Crippen LogP contribution in [0.3, 0.4) is 0 Å². The highest BCUT2D eigenvalue weighted by Crippen LogP contribution is 2.27. The molecule has 1 aromatic carbocycles. The summed E-state index contributed by atoms with van der Waals surface area (Å²) in [5.41, 5.74) is 1.12. The van der Waals surface area contributed by atoms with Gasteiger partial charge in [-0.3, -0.25) is 4.68 Å². The van der Waals surface area contributed by atoms with Crippen LogP contribution in [-0.4, -0.2) is 20.9 Å². The third kappa shape index (κ3) is 3.24. The standard InChI is InChI=1S/C13H17N3O.ClH/c1-10(17)9-12(11-5-3-2-4-6-11)13-15-7-8-16(13)14;/h2-8,10,12,17H,9,14H2,1H3;1H. The number of aromatic nitrogens is 2. The summed E-state index contributed by atoms with van der Waals surface area (Å²) in [5, 5.41) is 9.60. The van der Waals surface area contributed by atoms with Gasteiger partial charge >= 0.3 is 0 Å². The van der Waals surface area contributed by atoms with Crippen molar-refractivity contribution in [3.05, 3.63) is 54.1 Å². The van der Waals surface area contributed by atoms with Gasteiger partial charge in [0.15, 0.2) is 0 Å². The second kappa shape index (κ2) is 6.42. The second-order valence-corrected chi connectivity index (χ2v) is 4.24. The SMILES string of the molecule is CC(O)CC(c1ccccc1)c1nccn1N.Cl. The number of imidazole rings is 1. The minimum Gasteiger partial charge on any atom is -0.393 e. The van der Waals surface area contributed by atoms with E-state index < -0.39 is 6.10 Å². The molecule has 1 heterocycles. The molecule has 0 aliphatic carbocycles. The molecule has 18 heavy (non-hydrogen) atoms. The van der Waals surface area contributed by atoms with Crippen molar-refractivity contribution in [3.63, 3.8) is 0 Å². The van der Waals surface area contributed by atoms with Crippen molar-refractivity contribution in [1.82, 2.24) is 9.66 Å². The van der Waals surface area contributed by atoms with E-state index in [1.165, 1.54) is 4.68 Å². The Hall–Kier alpha value is -1.52. The van der Waals surface area contributed by atoms with Crippen LogP contribution in [0.5, 0.6) is 0 Å². The lowest BCUT2D eigenvalue weighted by Gasteiger charge is -2.18. The predicted molar refractivity (Wildman–Crippen MR) is 74.2 cm³/mol. The molecule has 2 aromatic rings. The second-order valence-electron chi connectivity index (χ2n) is 4.24. The molecule has 0 aliphatic heterocycles. The van der Waals surface area contributed by atoms with Crippen LogP contribution in [0.15, 0.2) is 42.7 Å². The summed E-state index contributed by atoms with van der Waals surface area (Å²) in [7, 11) is 0. The van der Waals surface area contributed by atoms with Crippen LogP contribution < -0.4 is 5.84 Å². The molecule has 0 saturated heterocycles. The summed E-state index contributed by atoms with van der Waals surface area (Å²) < 4.78 is 1.51. The van der Waals surface area contributed by atoms with E-state index in [0.717, 1.165) is 11.4 Å². The molecular weight excluding hydrogens is 250 g/mol. The van der Waals surface area contributed by atoms with Gasteiger partial charge in [0.2, 0.25) is 0 Å². The summed E-state index contributed by atoms with van der Waals surface area (Å²) in [6, 6.07) is 9.99. The largest absolute Gasteiger partial charge is 0.393 e. The lowest BCUT2D eigenvalue weighted by molar-refractivity contribution is 0.177. The first kappa shape index (κ1) is 14.5. The van der Waals surface area contributed by atoms with E-state index >= 15 is 0 Å². The van der Waals surface area contributed by atoms with Gasteiger partial charge in [-0.1, -0.05) is 30.3 Å². The zero-order chi connectivity index (χ0) is 12.3. The number of hydrogen-bond acceptors (Lipinski definition) is 3. The molecule has 2 unspecified atom stereocenters. The number of nitrogens with zero attached hydrogens (tertiary/aromatic N) is 2. The quantitative estimate of drug-likeness (QED) is 0.832. The first-order valence-corrected chi connectivity index (χ1v) is 5.70. The van der Waals surface area contributed by atoms with E-state index in [1.807, 2.05) is 30.3 Å². The number of halogens is 1. The molecular formula is C13H18ClN3O. The van der Waals surface area contributed by atoms with Crippen LogP contribution in [0.1, 0.15) is 30.7 Å². The van der Waals surface area contributed by atoms with E-state index in [0.29, 0.717) is 6.42 Å². The molecule has 4 nitrogen and oxygen atoms in total. The summed E-state index contributed by atoms with van der Waals surface area (Å²) in [6.45, 7) is 1.78. The Balaban J connectivity index is 0.00000162. The first-order chi connectivity index (χ1) is 8.18. The van der Waals surface area contributed by atoms with Gasteiger partial charge in [0.05, 0.1) is 6.10 Å². The number of benzene rings is 1. The smallest absolute Gasteiger partial charge is 0.134 e. The van der Waals surface area contributed by atoms with Gasteiger partial charge in [0.1, 0.15) is 5.82 Å². The lowest BCUT2D eigenvalue weighted by atomic mass is 9.93. The fourth-order valence-electron chi connectivity index (χ4n) is 2.01. The van der Waals surface area contributed by atoms with Crippen molar-refractivity contribution in [1.29, 1.82) is 0 Å². The van der Waals surface area contributed by atoms with Gasteiger partial charge in [0, 0.05) is 18.3 Å². The third-order valence-electron chi connectivity index (χ3n) is 2.79. The molecule has 0 aliphatic rings. The van der Waals surface area contributed by atoms with Gasteiger partial charge in [0.25, 0.3) is 0 Å². The Kier molecular flexibility index (Phi) is 5.19. The minimum absolute atomic E-state index is 0. The number of nitrogens with two attached hydrogens (primary N) is 1. The highest BCUT2D eigenvalue weighted by atomic mass is 35.5. The molecule has 0 saturated carbocycles. The van der Waals surface area contributed by atoms with E-state index in [1.54, 1.807) is 19.3 Å². The van der Waals surface area contributed by atoms with E-state index in [4.69, 9.17) is 5.84 Å². The van der Waals surface area contributed by atoms with Crippen LogP contribution in [0.4, 0.5) is 0 Å². The van der Waals surface area contributed by atoms with Crippen molar-refractivity contribution < 1.29 is 5.11 Å². The number of aliphatic hydroxyl groups is 1. The normalized spacial score (nSPS) is 13.7. The van der Waals surface area contributed by atoms with Crippen LogP contribution >= 0.6 is 12.4 Å². The number of hydrogen-bond donors (Lipinski definition) is 2. The zero-order valence-corrected chi connectivity index (χ0v) is 11.0. The van der Waals surface area contributed by atoms with Gasteiger partial charge in [-0.05, 0) is 18.9 Å². The van der Waals surface area contributed by atoms with Gasteiger partial charge < -0.3 is 10.9 Å². The molecule has 2 rings (SSSR count). The Morgan fingerprint density at radius 2 is 2.00 bits per heavy atom. The Morgan fingerprint density at radius 1 is 1.33 bits per heavy atom. The zero-order valence-electron chi connectivity index (χ0n) is 10.2. The Morgan fingerprint density at radius 3 is 2.50 bits per heavy atom. The van der Waals surface area contributed by atoms with Gasteiger partial charge in [-0.25, -0.2) is 4.98 Å². The average molecular weight is 268 g/mol. The number of rotatable bonds is 4. The van der Waals surface area contributed by atoms with Crippen molar-refractivity contribution in [2.45, 2.75) is 25.4 Å². The van der Waals surface area contributed by atoms with Gasteiger partial charge in [-0.2, -0.15) is 0 Å². The number of aliphatic hydroxyl groups excluding tert-OH is 1. The first-order valence-electron chi connectivity index (χ1n) is 5.70. The Labute approximate surface area is 113 Å². The van der Waals surface area contributed by atoms with Crippen molar-refractivity contribution >= 4 is 12.4 Å². The van der Waals surface area contributed by atoms with E-state index in [9.17, 15) is 5.11 Å². The van der Waals surface area contributed by atoms with Gasteiger partial charge in [-0.15, -0.1) is 12.4 Å². The summed E-state index contributed by atoms with van der Waals surface area (Å²) in [6.07, 6.45) is 3.61. The summed E-state index contributed by atoms with van der Waals surface area (Å²) in [5.74, 6) is 6.63. The fraction of sp³-hybridized carbons (Fsp3) is 0.308.